The van der Waals surface area contributed by atoms with Crippen molar-refractivity contribution in [1.29, 1.82) is 0 Å². The summed E-state index contributed by atoms with van der Waals surface area (Å²) in [5.41, 5.74) is 0.987. The molecule has 0 unspecified atom stereocenters. The van der Waals surface area contributed by atoms with Gasteiger partial charge in [-0.15, -0.1) is 11.3 Å². The number of ether oxygens (including phenoxy) is 1. The minimum absolute atomic E-state index is 0.215. The van der Waals surface area contributed by atoms with Gasteiger partial charge in [-0.1, -0.05) is 27.7 Å². The lowest BCUT2D eigenvalue weighted by atomic mass is 9.81. The molecule has 1 aromatic heterocycles. The van der Waals surface area contributed by atoms with Crippen molar-refractivity contribution in [2.45, 2.75) is 41.0 Å². The first kappa shape index (κ1) is 16.0. The molecule has 4 nitrogen and oxygen atoms in total. The van der Waals surface area contributed by atoms with Crippen LogP contribution in [0.5, 0.6) is 0 Å². The van der Waals surface area contributed by atoms with Crippen LogP contribution in [0, 0.1) is 11.3 Å². The maximum atomic E-state index is 11.4. The Hall–Kier alpha value is -1.10. The minimum Gasteiger partial charge on any atom is -0.466 e. The van der Waals surface area contributed by atoms with E-state index in [9.17, 15) is 4.79 Å². The van der Waals surface area contributed by atoms with Gasteiger partial charge in [0.25, 0.3) is 0 Å². The Morgan fingerprint density at radius 3 is 2.79 bits per heavy atom. The topological polar surface area (TPSA) is 51.2 Å². The highest BCUT2D eigenvalue weighted by Gasteiger charge is 2.22. The molecule has 0 saturated carbocycles. The Balaban J connectivity index is 2.49. The Labute approximate surface area is 119 Å². The van der Waals surface area contributed by atoms with E-state index in [0.717, 1.165) is 17.4 Å². The van der Waals surface area contributed by atoms with E-state index in [-0.39, 0.29) is 17.8 Å². The number of esters is 1. The lowest BCUT2D eigenvalue weighted by molar-refractivity contribution is -0.142. The van der Waals surface area contributed by atoms with Gasteiger partial charge in [-0.25, -0.2) is 4.98 Å². The molecular weight excluding hydrogens is 260 g/mol. The van der Waals surface area contributed by atoms with Gasteiger partial charge in [-0.05, 0) is 18.3 Å². The molecule has 0 spiro atoms. The Kier molecular flexibility index (Phi) is 5.79. The molecule has 0 saturated heterocycles. The van der Waals surface area contributed by atoms with E-state index in [1.165, 1.54) is 11.3 Å². The summed E-state index contributed by atoms with van der Waals surface area (Å²) in [6.45, 7) is 12.0. The Bertz CT molecular complexity index is 413. The van der Waals surface area contributed by atoms with Crippen LogP contribution in [0.4, 0.5) is 5.13 Å². The Morgan fingerprint density at radius 1 is 1.53 bits per heavy atom. The third-order valence-corrected chi connectivity index (χ3v) is 4.29. The summed E-state index contributed by atoms with van der Waals surface area (Å²) < 4.78 is 4.91. The van der Waals surface area contributed by atoms with E-state index < -0.39 is 0 Å². The van der Waals surface area contributed by atoms with Gasteiger partial charge in [0.2, 0.25) is 0 Å². The van der Waals surface area contributed by atoms with Crippen molar-refractivity contribution in [3.05, 3.63) is 11.1 Å². The van der Waals surface area contributed by atoms with Crippen LogP contribution in [0.15, 0.2) is 5.38 Å². The molecule has 1 rings (SSSR count). The molecular formula is C14H24N2O2S. The maximum absolute atomic E-state index is 11.4. The van der Waals surface area contributed by atoms with E-state index in [2.05, 4.69) is 38.0 Å². The van der Waals surface area contributed by atoms with Gasteiger partial charge < -0.3 is 10.1 Å². The van der Waals surface area contributed by atoms with Crippen molar-refractivity contribution in [2.75, 3.05) is 18.5 Å². The lowest BCUT2D eigenvalue weighted by Gasteiger charge is -2.29. The third kappa shape index (κ3) is 5.19. The number of carbonyl (C=O) groups excluding carboxylic acids is 1. The average Bonchev–Trinajstić information content (AvgIpc) is 2.74. The van der Waals surface area contributed by atoms with Crippen molar-refractivity contribution >= 4 is 22.4 Å². The molecule has 0 aromatic carbocycles. The molecule has 0 radical (unpaired) electrons. The number of thiazole rings is 1. The molecule has 0 bridgehead atoms. The van der Waals surface area contributed by atoms with Gasteiger partial charge in [-0.3, -0.25) is 4.79 Å². The molecule has 0 aliphatic rings. The van der Waals surface area contributed by atoms with Crippen LogP contribution in [-0.4, -0.2) is 24.1 Å². The van der Waals surface area contributed by atoms with Crippen LogP contribution < -0.4 is 5.32 Å². The fourth-order valence-corrected chi connectivity index (χ4v) is 2.05. The highest BCUT2D eigenvalue weighted by Crippen LogP contribution is 2.27. The molecule has 0 amide bonds. The molecule has 0 aliphatic carbocycles. The second kappa shape index (κ2) is 6.89. The molecule has 0 aliphatic heterocycles. The average molecular weight is 284 g/mol. The highest BCUT2D eigenvalue weighted by molar-refractivity contribution is 7.13. The van der Waals surface area contributed by atoms with Crippen LogP contribution in [0.2, 0.25) is 0 Å². The zero-order valence-corrected chi connectivity index (χ0v) is 13.3. The predicted octanol–water partition coefficient (Wildman–Crippen LogP) is 3.34. The number of nitrogens with zero attached hydrogens (tertiary/aromatic N) is 1. The number of hydrogen-bond donors (Lipinski definition) is 1. The summed E-state index contributed by atoms with van der Waals surface area (Å²) >= 11 is 1.53. The summed E-state index contributed by atoms with van der Waals surface area (Å²) in [6, 6.07) is 0. The number of hydrogen-bond acceptors (Lipinski definition) is 5. The first-order valence-electron chi connectivity index (χ1n) is 6.69. The largest absolute Gasteiger partial charge is 0.466 e. The van der Waals surface area contributed by atoms with Crippen LogP contribution >= 0.6 is 11.3 Å². The SMILES string of the molecule is CCOC(=O)Cc1csc(NCC(C)(C)C(C)C)n1. The van der Waals surface area contributed by atoms with Gasteiger partial charge in [0.15, 0.2) is 5.13 Å². The number of aromatic nitrogens is 1. The van der Waals surface area contributed by atoms with Gasteiger partial charge >= 0.3 is 5.97 Å². The van der Waals surface area contributed by atoms with E-state index in [1.807, 2.05) is 5.38 Å². The van der Waals surface area contributed by atoms with E-state index in [0.29, 0.717) is 12.5 Å². The zero-order chi connectivity index (χ0) is 14.5. The van der Waals surface area contributed by atoms with Gasteiger partial charge in [0, 0.05) is 11.9 Å². The number of anilines is 1. The fraction of sp³-hybridized carbons (Fsp3) is 0.714. The highest BCUT2D eigenvalue weighted by atomic mass is 32.1. The zero-order valence-electron chi connectivity index (χ0n) is 12.4. The molecule has 1 N–H and O–H groups in total. The molecule has 0 fully saturated rings. The van der Waals surface area contributed by atoms with Gasteiger partial charge in [-0.2, -0.15) is 0 Å². The van der Waals surface area contributed by atoms with Crippen molar-refractivity contribution in [1.82, 2.24) is 4.98 Å². The lowest BCUT2D eigenvalue weighted by Crippen LogP contribution is -2.28. The Morgan fingerprint density at radius 2 is 2.21 bits per heavy atom. The fourth-order valence-electron chi connectivity index (χ4n) is 1.34. The second-order valence-corrected chi connectivity index (χ2v) is 6.48. The number of rotatable bonds is 7. The van der Waals surface area contributed by atoms with Crippen molar-refractivity contribution in [3.63, 3.8) is 0 Å². The molecule has 19 heavy (non-hydrogen) atoms. The first-order valence-corrected chi connectivity index (χ1v) is 7.57. The van der Waals surface area contributed by atoms with Crippen LogP contribution in [0.3, 0.4) is 0 Å². The maximum Gasteiger partial charge on any atom is 0.311 e. The summed E-state index contributed by atoms with van der Waals surface area (Å²) in [7, 11) is 0. The molecule has 0 atom stereocenters. The van der Waals surface area contributed by atoms with Gasteiger partial charge in [0.05, 0.1) is 18.7 Å². The van der Waals surface area contributed by atoms with Crippen LogP contribution in [0.25, 0.3) is 0 Å². The summed E-state index contributed by atoms with van der Waals surface area (Å²) in [5.74, 6) is 0.376. The smallest absolute Gasteiger partial charge is 0.311 e. The summed E-state index contributed by atoms with van der Waals surface area (Å²) in [6.07, 6.45) is 0.250. The third-order valence-electron chi connectivity index (χ3n) is 3.44. The van der Waals surface area contributed by atoms with Crippen LogP contribution in [-0.2, 0) is 16.0 Å². The van der Waals surface area contributed by atoms with Crippen LogP contribution in [0.1, 0.15) is 40.3 Å². The molecule has 1 aromatic rings. The van der Waals surface area contributed by atoms with E-state index in [1.54, 1.807) is 6.92 Å². The minimum atomic E-state index is -0.220. The standard InChI is InChI=1S/C14H24N2O2S/c1-6-18-12(17)7-11-8-19-13(16-11)15-9-14(4,5)10(2)3/h8,10H,6-7,9H2,1-5H3,(H,15,16). The van der Waals surface area contributed by atoms with Crippen molar-refractivity contribution in [3.8, 4) is 0 Å². The van der Waals surface area contributed by atoms with Crippen molar-refractivity contribution < 1.29 is 9.53 Å². The first-order chi connectivity index (χ1) is 8.85. The monoisotopic (exact) mass is 284 g/mol. The molecule has 5 heteroatoms. The second-order valence-electron chi connectivity index (χ2n) is 5.62. The summed E-state index contributed by atoms with van der Waals surface area (Å²) in [5, 5.41) is 6.12. The number of nitrogens with one attached hydrogen (secondary N) is 1. The van der Waals surface area contributed by atoms with E-state index >= 15 is 0 Å². The summed E-state index contributed by atoms with van der Waals surface area (Å²) in [4.78, 5) is 15.8. The van der Waals surface area contributed by atoms with Crippen molar-refractivity contribution in [2.24, 2.45) is 11.3 Å². The molecule has 1 heterocycles. The van der Waals surface area contributed by atoms with E-state index in [4.69, 9.17) is 4.74 Å². The normalized spacial score (nSPS) is 11.7. The van der Waals surface area contributed by atoms with Gasteiger partial charge in [0.1, 0.15) is 0 Å². The number of carbonyl (C=O) groups is 1. The predicted molar refractivity (Wildman–Crippen MR) is 79.6 cm³/mol. The molecule has 108 valence electrons. The quantitative estimate of drug-likeness (QED) is 0.780.